The van der Waals surface area contributed by atoms with Gasteiger partial charge in [0.15, 0.2) is 11.5 Å². The van der Waals surface area contributed by atoms with E-state index in [-0.39, 0.29) is 45.7 Å². The highest BCUT2D eigenvalue weighted by molar-refractivity contribution is 7.18. The lowest BCUT2D eigenvalue weighted by atomic mass is 10.1. The molecule has 24 heavy (non-hydrogen) atoms. The molecule has 0 spiro atoms. The van der Waals surface area contributed by atoms with Crippen LogP contribution in [0.1, 0.15) is 38.2 Å². The number of esters is 2. The molecule has 0 unspecified atom stereocenters. The van der Waals surface area contributed by atoms with Crippen molar-refractivity contribution in [1.82, 2.24) is 9.97 Å². The molecule has 9 nitrogen and oxygen atoms in total. The third kappa shape index (κ3) is 3.41. The molecule has 4 N–H and O–H groups in total. The molecule has 0 bridgehead atoms. The molecule has 2 aromatic rings. The van der Waals surface area contributed by atoms with Gasteiger partial charge in [-0.1, -0.05) is 0 Å². The fraction of sp³-hybridized carbons (Fsp3) is 0.214. The molecule has 10 heteroatoms. The van der Waals surface area contributed by atoms with E-state index in [0.717, 1.165) is 11.3 Å². The number of hydrogen-bond acceptors (Lipinski definition) is 10. The zero-order valence-electron chi connectivity index (χ0n) is 12.6. The molecule has 0 fully saturated rings. The summed E-state index contributed by atoms with van der Waals surface area (Å²) in [5.74, 6) is -1.55. The second-order valence-corrected chi connectivity index (χ2v) is 5.40. The molecule has 0 atom stereocenters. The lowest BCUT2D eigenvalue weighted by Gasteiger charge is -2.07. The van der Waals surface area contributed by atoms with Crippen molar-refractivity contribution in [3.05, 3.63) is 34.1 Å². The molecule has 0 amide bonds. The number of nitrogen functional groups attached to an aromatic ring is 2. The molecule has 0 aromatic carbocycles. The van der Waals surface area contributed by atoms with E-state index in [1.54, 1.807) is 6.92 Å². The van der Waals surface area contributed by atoms with Gasteiger partial charge in [0.05, 0.1) is 12.2 Å². The minimum absolute atomic E-state index is 0.0722. The largest absolute Gasteiger partial charge is 0.462 e. The molecule has 0 aliphatic heterocycles. The Hall–Kier alpha value is -3.19. The van der Waals surface area contributed by atoms with E-state index < -0.39 is 11.9 Å². The van der Waals surface area contributed by atoms with Crippen LogP contribution < -0.4 is 11.5 Å². The zero-order valence-corrected chi connectivity index (χ0v) is 13.4. The Morgan fingerprint density at radius 1 is 1.25 bits per heavy atom. The number of nitriles is 1. The molecule has 124 valence electrons. The lowest BCUT2D eigenvalue weighted by molar-refractivity contribution is 0.0448. The lowest BCUT2D eigenvalue weighted by Crippen LogP contribution is -2.13. The molecule has 2 rings (SSSR count). The smallest absolute Gasteiger partial charge is 0.361 e. The Labute approximate surface area is 140 Å². The number of anilines is 2. The number of thiophene rings is 1. The summed E-state index contributed by atoms with van der Waals surface area (Å²) in [5, 5.41) is 9.34. The third-order valence-electron chi connectivity index (χ3n) is 2.87. The number of hydrogen-bond donors (Lipinski definition) is 2. The summed E-state index contributed by atoms with van der Waals surface area (Å²) < 4.78 is 10.0. The molecule has 0 saturated carbocycles. The normalized spacial score (nSPS) is 10.0. The van der Waals surface area contributed by atoms with Gasteiger partial charge >= 0.3 is 11.9 Å². The first-order valence-electron chi connectivity index (χ1n) is 6.71. The Morgan fingerprint density at radius 3 is 2.58 bits per heavy atom. The van der Waals surface area contributed by atoms with Gasteiger partial charge in [-0.2, -0.15) is 5.26 Å². The minimum atomic E-state index is -0.830. The monoisotopic (exact) mass is 347 g/mol. The summed E-state index contributed by atoms with van der Waals surface area (Å²) in [6.07, 6.45) is 2.62. The van der Waals surface area contributed by atoms with Crippen LogP contribution in [0.25, 0.3) is 0 Å². The Balaban J connectivity index is 2.26. The predicted octanol–water partition coefficient (Wildman–Crippen LogP) is 1.11. The zero-order chi connectivity index (χ0) is 17.7. The van der Waals surface area contributed by atoms with Crippen molar-refractivity contribution in [1.29, 1.82) is 5.26 Å². The SMILES string of the molecule is CCOC(=O)c1sc(N)c(C#N)c1COC(=O)c1nccnc1N. The Morgan fingerprint density at radius 2 is 1.96 bits per heavy atom. The van der Waals surface area contributed by atoms with Gasteiger partial charge in [-0.05, 0) is 6.92 Å². The van der Waals surface area contributed by atoms with Gasteiger partial charge in [0.2, 0.25) is 0 Å². The van der Waals surface area contributed by atoms with E-state index in [4.69, 9.17) is 20.9 Å². The van der Waals surface area contributed by atoms with Crippen molar-refractivity contribution in [3.8, 4) is 6.07 Å². The van der Waals surface area contributed by atoms with Gasteiger partial charge in [0, 0.05) is 18.0 Å². The summed E-state index contributed by atoms with van der Waals surface area (Å²) in [4.78, 5) is 31.6. The topological polar surface area (TPSA) is 154 Å². The van der Waals surface area contributed by atoms with Crippen LogP contribution in [0.4, 0.5) is 10.8 Å². The van der Waals surface area contributed by atoms with E-state index in [2.05, 4.69) is 9.97 Å². The van der Waals surface area contributed by atoms with E-state index in [1.807, 2.05) is 6.07 Å². The van der Waals surface area contributed by atoms with Crippen LogP contribution in [0, 0.1) is 11.3 Å². The van der Waals surface area contributed by atoms with E-state index >= 15 is 0 Å². The van der Waals surface area contributed by atoms with E-state index in [1.165, 1.54) is 12.4 Å². The maximum atomic E-state index is 12.0. The summed E-state index contributed by atoms with van der Waals surface area (Å²) in [7, 11) is 0. The average Bonchev–Trinajstić information content (AvgIpc) is 2.89. The van der Waals surface area contributed by atoms with Crippen molar-refractivity contribution >= 4 is 34.1 Å². The highest BCUT2D eigenvalue weighted by Gasteiger charge is 2.24. The first-order chi connectivity index (χ1) is 11.5. The van der Waals surface area contributed by atoms with Gasteiger partial charge in [-0.3, -0.25) is 0 Å². The van der Waals surface area contributed by atoms with Gasteiger partial charge in [0.25, 0.3) is 0 Å². The molecule has 2 aromatic heterocycles. The molecule has 0 radical (unpaired) electrons. The fourth-order valence-corrected chi connectivity index (χ4v) is 2.74. The number of nitrogens with zero attached hydrogens (tertiary/aromatic N) is 3. The van der Waals surface area contributed by atoms with Crippen LogP contribution in [0.3, 0.4) is 0 Å². The minimum Gasteiger partial charge on any atom is -0.462 e. The van der Waals surface area contributed by atoms with Crippen LogP contribution in [0.15, 0.2) is 12.4 Å². The Kier molecular flexibility index (Phi) is 5.28. The second-order valence-electron chi connectivity index (χ2n) is 4.35. The first kappa shape index (κ1) is 17.2. The standard InChI is InChI=1S/C14H13N5O4S/c1-2-22-14(21)10-8(7(5-15)12(17)24-10)6-23-13(20)9-11(16)19-4-3-18-9/h3-4H,2,6,17H2,1H3,(H2,16,19). The Bertz CT molecular complexity index is 827. The van der Waals surface area contributed by atoms with Gasteiger partial charge in [0.1, 0.15) is 22.6 Å². The van der Waals surface area contributed by atoms with Gasteiger partial charge in [-0.15, -0.1) is 11.3 Å². The quantitative estimate of drug-likeness (QED) is 0.756. The van der Waals surface area contributed by atoms with Crippen LogP contribution >= 0.6 is 11.3 Å². The van der Waals surface area contributed by atoms with Crippen molar-refractivity contribution in [2.45, 2.75) is 13.5 Å². The molecular weight excluding hydrogens is 334 g/mol. The predicted molar refractivity (Wildman–Crippen MR) is 85.0 cm³/mol. The summed E-state index contributed by atoms with van der Waals surface area (Å²) in [6, 6.07) is 1.89. The highest BCUT2D eigenvalue weighted by Crippen LogP contribution is 2.32. The van der Waals surface area contributed by atoms with Crippen molar-refractivity contribution in [2.24, 2.45) is 0 Å². The molecule has 0 aliphatic carbocycles. The highest BCUT2D eigenvalue weighted by atomic mass is 32.1. The van der Waals surface area contributed by atoms with Crippen LogP contribution in [0.5, 0.6) is 0 Å². The first-order valence-corrected chi connectivity index (χ1v) is 7.53. The van der Waals surface area contributed by atoms with E-state index in [0.29, 0.717) is 0 Å². The third-order valence-corrected chi connectivity index (χ3v) is 3.92. The summed E-state index contributed by atoms with van der Waals surface area (Å²) in [5.41, 5.74) is 11.4. The summed E-state index contributed by atoms with van der Waals surface area (Å²) in [6.45, 7) is 1.46. The van der Waals surface area contributed by atoms with E-state index in [9.17, 15) is 14.9 Å². The summed E-state index contributed by atoms with van der Waals surface area (Å²) >= 11 is 0.901. The number of aromatic nitrogens is 2. The second kappa shape index (κ2) is 7.38. The number of nitrogens with two attached hydrogens (primary N) is 2. The van der Waals surface area contributed by atoms with Crippen LogP contribution in [0.2, 0.25) is 0 Å². The van der Waals surface area contributed by atoms with Gasteiger partial charge < -0.3 is 20.9 Å². The molecule has 0 saturated heterocycles. The number of ether oxygens (including phenoxy) is 2. The number of carbonyl (C=O) groups is 2. The maximum absolute atomic E-state index is 12.0. The average molecular weight is 347 g/mol. The maximum Gasteiger partial charge on any atom is 0.361 e. The van der Waals surface area contributed by atoms with Crippen LogP contribution in [-0.2, 0) is 16.1 Å². The number of carbonyl (C=O) groups excluding carboxylic acids is 2. The fourth-order valence-electron chi connectivity index (χ4n) is 1.82. The molecular formula is C14H13N5O4S. The number of rotatable bonds is 5. The van der Waals surface area contributed by atoms with Crippen molar-refractivity contribution in [2.75, 3.05) is 18.1 Å². The van der Waals surface area contributed by atoms with Gasteiger partial charge in [-0.25, -0.2) is 19.6 Å². The molecule has 0 aliphatic rings. The van der Waals surface area contributed by atoms with Crippen molar-refractivity contribution < 1.29 is 19.1 Å². The van der Waals surface area contributed by atoms with Crippen LogP contribution in [-0.4, -0.2) is 28.5 Å². The molecule has 2 heterocycles. The van der Waals surface area contributed by atoms with Crippen molar-refractivity contribution in [3.63, 3.8) is 0 Å².